The Balaban J connectivity index is 1.35. The molecule has 0 saturated heterocycles. The third-order valence-corrected chi connectivity index (χ3v) is 7.07. The van der Waals surface area contributed by atoms with Crippen LogP contribution in [0.1, 0.15) is 35.2 Å². The summed E-state index contributed by atoms with van der Waals surface area (Å²) in [5.41, 5.74) is 0.799. The second kappa shape index (κ2) is 10.5. The number of halogens is 3. The SMILES string of the molecule is Cn1cc(NC(=O)c2cnn3cccnc23)c(-c2cc(Oc3cc(Cl)cc(C4(O)CCC4)c3)ccc2OC(F)F)n1. The van der Waals surface area contributed by atoms with E-state index in [0.29, 0.717) is 34.8 Å². The van der Waals surface area contributed by atoms with E-state index >= 15 is 0 Å². The number of alkyl halides is 2. The highest BCUT2D eigenvalue weighted by Crippen LogP contribution is 2.44. The Kier molecular flexibility index (Phi) is 6.80. The zero-order chi connectivity index (χ0) is 28.7. The largest absolute Gasteiger partial charge is 0.457 e. The maximum atomic E-state index is 13.3. The number of aliphatic hydroxyl groups is 1. The number of amides is 1. The molecule has 10 nitrogen and oxygen atoms in total. The number of nitrogens with one attached hydrogen (secondary N) is 1. The van der Waals surface area contributed by atoms with Gasteiger partial charge in [0.2, 0.25) is 0 Å². The first-order chi connectivity index (χ1) is 19.7. The lowest BCUT2D eigenvalue weighted by atomic mass is 9.75. The maximum absolute atomic E-state index is 13.3. The topological polar surface area (TPSA) is 116 Å². The summed E-state index contributed by atoms with van der Waals surface area (Å²) in [5.74, 6) is -0.0616. The number of hydrogen-bond donors (Lipinski definition) is 2. The first-order valence-electron chi connectivity index (χ1n) is 12.6. The van der Waals surface area contributed by atoms with E-state index in [-0.39, 0.29) is 34.0 Å². The van der Waals surface area contributed by atoms with Crippen LogP contribution in [-0.4, -0.2) is 42.0 Å². The van der Waals surface area contributed by atoms with Crippen molar-refractivity contribution < 1.29 is 28.2 Å². The number of benzene rings is 2. The van der Waals surface area contributed by atoms with Gasteiger partial charge in [0.15, 0.2) is 5.65 Å². The molecule has 0 spiro atoms. The quantitative estimate of drug-likeness (QED) is 0.238. The molecular formula is C28H23ClF2N6O4. The van der Waals surface area contributed by atoms with Gasteiger partial charge in [0.05, 0.1) is 23.0 Å². The average Bonchev–Trinajstić information content (AvgIpc) is 3.50. The summed E-state index contributed by atoms with van der Waals surface area (Å²) in [4.78, 5) is 17.4. The Hall–Kier alpha value is -4.55. The van der Waals surface area contributed by atoms with Crippen LogP contribution < -0.4 is 14.8 Å². The molecule has 5 aromatic rings. The molecule has 1 fully saturated rings. The van der Waals surface area contributed by atoms with E-state index in [9.17, 15) is 18.7 Å². The molecule has 0 bridgehead atoms. The van der Waals surface area contributed by atoms with Crippen molar-refractivity contribution in [1.82, 2.24) is 24.4 Å². The second-order valence-corrected chi connectivity index (χ2v) is 10.1. The summed E-state index contributed by atoms with van der Waals surface area (Å²) in [5, 5.41) is 22.5. The van der Waals surface area contributed by atoms with Crippen molar-refractivity contribution in [2.75, 3.05) is 5.32 Å². The van der Waals surface area contributed by atoms with Crippen molar-refractivity contribution in [1.29, 1.82) is 0 Å². The molecule has 0 unspecified atom stereocenters. The van der Waals surface area contributed by atoms with Crippen LogP contribution in [0.4, 0.5) is 14.5 Å². The van der Waals surface area contributed by atoms with Crippen LogP contribution in [0.15, 0.2) is 67.3 Å². The normalized spacial score (nSPS) is 14.2. The van der Waals surface area contributed by atoms with Crippen LogP contribution in [0.5, 0.6) is 17.2 Å². The minimum atomic E-state index is -3.11. The smallest absolute Gasteiger partial charge is 0.387 e. The third kappa shape index (κ3) is 5.31. The third-order valence-electron chi connectivity index (χ3n) is 6.85. The van der Waals surface area contributed by atoms with E-state index in [1.165, 1.54) is 46.0 Å². The van der Waals surface area contributed by atoms with Gasteiger partial charge in [-0.2, -0.15) is 19.0 Å². The van der Waals surface area contributed by atoms with E-state index < -0.39 is 18.1 Å². The molecule has 2 aromatic carbocycles. The molecule has 1 saturated carbocycles. The fourth-order valence-corrected chi connectivity index (χ4v) is 4.96. The summed E-state index contributed by atoms with van der Waals surface area (Å²) < 4.78 is 40.4. The van der Waals surface area contributed by atoms with Gasteiger partial charge in [-0.1, -0.05) is 11.6 Å². The second-order valence-electron chi connectivity index (χ2n) is 9.66. The van der Waals surface area contributed by atoms with Gasteiger partial charge in [-0.3, -0.25) is 9.48 Å². The van der Waals surface area contributed by atoms with Crippen molar-refractivity contribution in [2.24, 2.45) is 7.05 Å². The van der Waals surface area contributed by atoms with E-state index in [1.807, 2.05) is 0 Å². The molecule has 0 aliphatic heterocycles. The van der Waals surface area contributed by atoms with Crippen LogP contribution >= 0.6 is 11.6 Å². The van der Waals surface area contributed by atoms with Crippen LogP contribution in [0.25, 0.3) is 16.9 Å². The molecule has 1 aliphatic rings. The number of aryl methyl sites for hydroxylation is 1. The molecule has 3 heterocycles. The van der Waals surface area contributed by atoms with Gasteiger partial charge in [0, 0.05) is 30.7 Å². The van der Waals surface area contributed by atoms with E-state index in [0.717, 1.165) is 6.42 Å². The minimum absolute atomic E-state index is 0.150. The number of aromatic nitrogens is 5. The zero-order valence-corrected chi connectivity index (χ0v) is 22.3. The van der Waals surface area contributed by atoms with Crippen molar-refractivity contribution in [3.05, 3.63) is 83.4 Å². The summed E-state index contributed by atoms with van der Waals surface area (Å²) in [7, 11) is 1.63. The molecule has 0 atom stereocenters. The molecule has 3 aromatic heterocycles. The van der Waals surface area contributed by atoms with Gasteiger partial charge in [-0.05, 0) is 67.3 Å². The molecular weight excluding hydrogens is 558 g/mol. The first kappa shape index (κ1) is 26.7. The Morgan fingerprint density at radius 2 is 2.02 bits per heavy atom. The maximum Gasteiger partial charge on any atom is 0.387 e. The van der Waals surface area contributed by atoms with Gasteiger partial charge in [0.25, 0.3) is 5.91 Å². The highest BCUT2D eigenvalue weighted by Gasteiger charge is 2.36. The van der Waals surface area contributed by atoms with Crippen molar-refractivity contribution in [3.8, 4) is 28.5 Å². The fourth-order valence-electron chi connectivity index (χ4n) is 4.74. The molecule has 2 N–H and O–H groups in total. The van der Waals surface area contributed by atoms with Crippen LogP contribution in [0, 0.1) is 0 Å². The summed E-state index contributed by atoms with van der Waals surface area (Å²) in [6.07, 6.45) is 8.26. The Labute approximate surface area is 237 Å². The highest BCUT2D eigenvalue weighted by molar-refractivity contribution is 6.30. The predicted molar refractivity (Wildman–Crippen MR) is 145 cm³/mol. The summed E-state index contributed by atoms with van der Waals surface area (Å²) in [6, 6.07) is 10.9. The number of ether oxygens (including phenoxy) is 2. The number of carbonyl (C=O) groups is 1. The monoisotopic (exact) mass is 580 g/mol. The first-order valence-corrected chi connectivity index (χ1v) is 13.0. The number of hydrogen-bond acceptors (Lipinski definition) is 7. The van der Waals surface area contributed by atoms with Crippen LogP contribution in [-0.2, 0) is 12.6 Å². The van der Waals surface area contributed by atoms with Gasteiger partial charge in [0.1, 0.15) is 28.5 Å². The molecule has 13 heteroatoms. The van der Waals surface area contributed by atoms with Gasteiger partial charge in [-0.15, -0.1) is 0 Å². The van der Waals surface area contributed by atoms with Gasteiger partial charge in [-0.25, -0.2) is 9.50 Å². The van der Waals surface area contributed by atoms with Crippen molar-refractivity contribution >= 4 is 28.8 Å². The molecule has 6 rings (SSSR count). The number of nitrogens with zero attached hydrogens (tertiary/aromatic N) is 5. The van der Waals surface area contributed by atoms with Gasteiger partial charge >= 0.3 is 6.61 Å². The molecule has 0 radical (unpaired) electrons. The van der Waals surface area contributed by atoms with Crippen molar-refractivity contribution in [2.45, 2.75) is 31.5 Å². The van der Waals surface area contributed by atoms with Gasteiger partial charge < -0.3 is 19.9 Å². The molecule has 41 heavy (non-hydrogen) atoms. The Morgan fingerprint density at radius 3 is 2.78 bits per heavy atom. The highest BCUT2D eigenvalue weighted by atomic mass is 35.5. The van der Waals surface area contributed by atoms with Crippen LogP contribution in [0.2, 0.25) is 5.02 Å². The lowest BCUT2D eigenvalue weighted by molar-refractivity contribution is -0.0495. The lowest BCUT2D eigenvalue weighted by Gasteiger charge is -2.37. The van der Waals surface area contributed by atoms with Crippen LogP contribution in [0.3, 0.4) is 0 Å². The molecule has 210 valence electrons. The number of fused-ring (bicyclic) bond motifs is 1. The average molecular weight is 581 g/mol. The number of carbonyl (C=O) groups excluding carboxylic acids is 1. The summed E-state index contributed by atoms with van der Waals surface area (Å²) in [6.45, 7) is -3.11. The predicted octanol–water partition coefficient (Wildman–Crippen LogP) is 5.80. The lowest BCUT2D eigenvalue weighted by Crippen LogP contribution is -2.33. The Morgan fingerprint density at radius 1 is 1.20 bits per heavy atom. The fraction of sp³-hybridized carbons (Fsp3) is 0.214. The number of anilines is 1. The standard InChI is InChI=1S/C28H23ClF2N6O4/c1-36-15-22(34-26(38)21-14-33-37-9-3-8-32-25(21)37)24(35-36)20-13-18(4-5-23(20)41-27(30)31)40-19-11-16(10-17(29)12-19)28(39)6-2-7-28/h3-5,8-15,27,39H,2,6-7H2,1H3,(H,34,38). The molecule has 1 amide bonds. The van der Waals surface area contributed by atoms with E-state index in [1.54, 1.807) is 37.5 Å². The molecule has 1 aliphatic carbocycles. The summed E-state index contributed by atoms with van der Waals surface area (Å²) >= 11 is 6.31. The van der Waals surface area contributed by atoms with E-state index in [4.69, 9.17) is 21.1 Å². The van der Waals surface area contributed by atoms with E-state index in [2.05, 4.69) is 20.5 Å². The number of rotatable bonds is 8. The Bertz CT molecular complexity index is 1770. The zero-order valence-electron chi connectivity index (χ0n) is 21.6. The minimum Gasteiger partial charge on any atom is -0.457 e. The van der Waals surface area contributed by atoms with Crippen molar-refractivity contribution in [3.63, 3.8) is 0 Å².